The zero-order valence-electron chi connectivity index (χ0n) is 20.6. The van der Waals surface area contributed by atoms with Gasteiger partial charge in [-0.15, -0.1) is 0 Å². The minimum atomic E-state index is -3.38. The van der Waals surface area contributed by atoms with Gasteiger partial charge in [0.1, 0.15) is 11.3 Å². The number of fused-ring (bicyclic) bond motifs is 1. The van der Waals surface area contributed by atoms with E-state index >= 15 is 0 Å². The quantitative estimate of drug-likeness (QED) is 0.390. The monoisotopic (exact) mass is 520 g/mol. The summed E-state index contributed by atoms with van der Waals surface area (Å²) in [4.78, 5) is 26.6. The highest BCUT2D eigenvalue weighted by Crippen LogP contribution is 2.35. The highest BCUT2D eigenvalue weighted by Gasteiger charge is 2.29. The van der Waals surface area contributed by atoms with E-state index in [1.165, 1.54) is 6.07 Å². The number of aromatic nitrogens is 4. The minimum absolute atomic E-state index is 0.00167. The molecule has 1 fully saturated rings. The van der Waals surface area contributed by atoms with Crippen molar-refractivity contribution in [1.82, 2.24) is 19.5 Å². The molecule has 2 heterocycles. The van der Waals surface area contributed by atoms with Crippen LogP contribution < -0.4 is 15.8 Å². The first kappa shape index (κ1) is 24.7. The first-order valence-corrected chi connectivity index (χ1v) is 13.9. The molecule has 0 unspecified atom stereocenters. The van der Waals surface area contributed by atoms with Crippen LogP contribution in [0.25, 0.3) is 22.6 Å². The number of nitrogen functional groups attached to an aromatic ring is 1. The molecule has 11 heteroatoms. The van der Waals surface area contributed by atoms with Gasteiger partial charge in [-0.25, -0.2) is 23.4 Å². The van der Waals surface area contributed by atoms with E-state index in [0.29, 0.717) is 34.0 Å². The number of benzene rings is 2. The van der Waals surface area contributed by atoms with Crippen molar-refractivity contribution in [3.8, 4) is 17.1 Å². The molecule has 2 aromatic heterocycles. The van der Waals surface area contributed by atoms with E-state index in [2.05, 4.69) is 15.3 Å². The number of methoxy groups -OCH3 is 1. The molecular weight excluding hydrogens is 492 g/mol. The largest absolute Gasteiger partial charge is 0.497 e. The lowest BCUT2D eigenvalue weighted by Gasteiger charge is -2.28. The number of carbonyl (C=O) groups is 1. The number of carbonyl (C=O) groups excluding carboxylic acids is 1. The van der Waals surface area contributed by atoms with Crippen molar-refractivity contribution in [2.24, 2.45) is 5.92 Å². The number of nitrogens with one attached hydrogen (secondary N) is 1. The lowest BCUT2D eigenvalue weighted by molar-refractivity contribution is -0.121. The van der Waals surface area contributed by atoms with Crippen LogP contribution in [-0.4, -0.2) is 47.2 Å². The molecule has 1 aliphatic carbocycles. The maximum absolute atomic E-state index is 12.9. The van der Waals surface area contributed by atoms with E-state index in [9.17, 15) is 13.2 Å². The Morgan fingerprint density at radius 2 is 1.84 bits per heavy atom. The predicted octanol–water partition coefficient (Wildman–Crippen LogP) is 3.86. The number of hydrogen-bond donors (Lipinski definition) is 2. The summed E-state index contributed by atoms with van der Waals surface area (Å²) < 4.78 is 31.2. The van der Waals surface area contributed by atoms with Crippen molar-refractivity contribution in [3.05, 3.63) is 54.9 Å². The lowest BCUT2D eigenvalue weighted by Crippen LogP contribution is -2.28. The van der Waals surface area contributed by atoms with Gasteiger partial charge in [0.15, 0.2) is 27.1 Å². The van der Waals surface area contributed by atoms with Crippen LogP contribution in [0.15, 0.2) is 59.8 Å². The standard InChI is InChI=1S/C26H28N6O4S/c1-36-20-7-4-6-18(14-20)29-26(33)16-9-11-19(12-10-16)32-15-28-22-23(27)30-24(31-25(22)32)17-5-3-8-21(13-17)37(2,34)35/h3-8,13-16,19H,9-12H2,1-2H3,(H,29,33)(H2,27,30,31)/t16-,19+. The van der Waals surface area contributed by atoms with Gasteiger partial charge < -0.3 is 20.4 Å². The van der Waals surface area contributed by atoms with Crippen LogP contribution in [0.2, 0.25) is 0 Å². The molecule has 2 aromatic carbocycles. The number of nitrogens with zero attached hydrogens (tertiary/aromatic N) is 4. The predicted molar refractivity (Wildman–Crippen MR) is 141 cm³/mol. The molecule has 0 bridgehead atoms. The summed E-state index contributed by atoms with van der Waals surface area (Å²) in [6.45, 7) is 0. The number of amides is 1. The molecule has 0 saturated heterocycles. The van der Waals surface area contributed by atoms with E-state index in [1.807, 2.05) is 22.8 Å². The van der Waals surface area contributed by atoms with Crippen LogP contribution in [-0.2, 0) is 14.6 Å². The van der Waals surface area contributed by atoms with E-state index in [-0.39, 0.29) is 28.6 Å². The summed E-state index contributed by atoms with van der Waals surface area (Å²) in [6, 6.07) is 13.9. The van der Waals surface area contributed by atoms with Crippen molar-refractivity contribution in [1.29, 1.82) is 0 Å². The van der Waals surface area contributed by atoms with E-state index < -0.39 is 9.84 Å². The van der Waals surface area contributed by atoms with Crippen LogP contribution in [0.4, 0.5) is 11.5 Å². The van der Waals surface area contributed by atoms with E-state index in [4.69, 9.17) is 15.5 Å². The number of anilines is 2. The number of ether oxygens (including phenoxy) is 1. The summed E-state index contributed by atoms with van der Waals surface area (Å²) in [5.41, 5.74) is 8.58. The molecule has 1 saturated carbocycles. The van der Waals surface area contributed by atoms with Crippen molar-refractivity contribution in [3.63, 3.8) is 0 Å². The van der Waals surface area contributed by atoms with Gasteiger partial charge in [0.2, 0.25) is 5.91 Å². The number of sulfone groups is 1. The minimum Gasteiger partial charge on any atom is -0.497 e. The molecule has 10 nitrogen and oxygen atoms in total. The van der Waals surface area contributed by atoms with Gasteiger partial charge in [0.25, 0.3) is 0 Å². The van der Waals surface area contributed by atoms with Crippen LogP contribution in [0.5, 0.6) is 5.75 Å². The number of imidazole rings is 1. The summed E-state index contributed by atoms with van der Waals surface area (Å²) in [5, 5.41) is 3.00. The molecule has 3 N–H and O–H groups in total. The Balaban J connectivity index is 1.34. The van der Waals surface area contributed by atoms with Gasteiger partial charge in [-0.2, -0.15) is 0 Å². The van der Waals surface area contributed by atoms with Gasteiger partial charge in [-0.05, 0) is 49.9 Å². The molecular formula is C26H28N6O4S. The lowest BCUT2D eigenvalue weighted by atomic mass is 9.85. The Hall–Kier alpha value is -3.99. The zero-order chi connectivity index (χ0) is 26.2. The molecule has 4 aromatic rings. The third-order valence-corrected chi connectivity index (χ3v) is 7.88. The first-order chi connectivity index (χ1) is 17.7. The number of nitrogens with two attached hydrogens (primary N) is 1. The average Bonchev–Trinajstić information content (AvgIpc) is 3.33. The number of hydrogen-bond acceptors (Lipinski definition) is 8. The fourth-order valence-corrected chi connectivity index (χ4v) is 5.43. The molecule has 0 aliphatic heterocycles. The summed E-state index contributed by atoms with van der Waals surface area (Å²) in [5.74, 6) is 1.17. The Bertz CT molecular complexity index is 1580. The third-order valence-electron chi connectivity index (χ3n) is 6.77. The second-order valence-corrected chi connectivity index (χ2v) is 11.3. The maximum Gasteiger partial charge on any atom is 0.227 e. The topological polar surface area (TPSA) is 142 Å². The van der Waals surface area contributed by atoms with Gasteiger partial charge in [0, 0.05) is 35.5 Å². The third kappa shape index (κ3) is 5.12. The molecule has 0 radical (unpaired) electrons. The van der Waals surface area contributed by atoms with E-state index in [0.717, 1.165) is 31.9 Å². The molecule has 192 valence electrons. The normalized spacial score (nSPS) is 18.0. The first-order valence-electron chi connectivity index (χ1n) is 12.0. The van der Waals surface area contributed by atoms with Gasteiger partial charge >= 0.3 is 0 Å². The Kier molecular flexibility index (Phi) is 6.55. The van der Waals surface area contributed by atoms with Crippen LogP contribution in [0.1, 0.15) is 31.7 Å². The molecule has 1 aliphatic rings. The van der Waals surface area contributed by atoms with Crippen molar-refractivity contribution in [2.45, 2.75) is 36.6 Å². The molecule has 0 spiro atoms. The smallest absolute Gasteiger partial charge is 0.227 e. The van der Waals surface area contributed by atoms with Gasteiger partial charge in [-0.1, -0.05) is 18.2 Å². The van der Waals surface area contributed by atoms with Crippen LogP contribution in [0, 0.1) is 5.92 Å². The highest BCUT2D eigenvalue weighted by molar-refractivity contribution is 7.90. The van der Waals surface area contributed by atoms with Crippen molar-refractivity contribution < 1.29 is 17.9 Å². The Morgan fingerprint density at radius 1 is 1.08 bits per heavy atom. The molecule has 1 amide bonds. The molecule has 5 rings (SSSR count). The molecule has 0 atom stereocenters. The van der Waals surface area contributed by atoms with Gasteiger partial charge in [-0.3, -0.25) is 4.79 Å². The van der Waals surface area contributed by atoms with Crippen molar-refractivity contribution in [2.75, 3.05) is 24.4 Å². The molecule has 37 heavy (non-hydrogen) atoms. The van der Waals surface area contributed by atoms with Gasteiger partial charge in [0.05, 0.1) is 18.3 Å². The average molecular weight is 521 g/mol. The highest BCUT2D eigenvalue weighted by atomic mass is 32.2. The fourth-order valence-electron chi connectivity index (χ4n) is 4.76. The van der Waals surface area contributed by atoms with Crippen LogP contribution >= 0.6 is 0 Å². The second kappa shape index (κ2) is 9.81. The van der Waals surface area contributed by atoms with E-state index in [1.54, 1.807) is 37.7 Å². The zero-order valence-corrected chi connectivity index (χ0v) is 21.4. The SMILES string of the molecule is COc1cccc(NC(=O)[C@H]2CC[C@@H](n3cnc4c(N)nc(-c5cccc(S(C)(=O)=O)c5)nc43)CC2)c1. The van der Waals surface area contributed by atoms with Crippen LogP contribution in [0.3, 0.4) is 0 Å². The maximum atomic E-state index is 12.9. The Morgan fingerprint density at radius 3 is 2.57 bits per heavy atom. The van der Waals surface area contributed by atoms with Crippen molar-refractivity contribution >= 4 is 38.4 Å². The number of rotatable bonds is 6. The summed E-state index contributed by atoms with van der Waals surface area (Å²) in [7, 11) is -1.79. The summed E-state index contributed by atoms with van der Waals surface area (Å²) >= 11 is 0. The second-order valence-electron chi connectivity index (χ2n) is 9.28. The summed E-state index contributed by atoms with van der Waals surface area (Å²) in [6.07, 6.45) is 5.89. The fraction of sp³-hybridized carbons (Fsp3) is 0.308. The Labute approximate surface area is 214 Å².